The molecule has 0 aliphatic carbocycles. The molecule has 8 heteroatoms. The van der Waals surface area contributed by atoms with E-state index in [-0.39, 0.29) is 19.2 Å². The van der Waals surface area contributed by atoms with Gasteiger partial charge in [-0.3, -0.25) is 14.1 Å². The zero-order chi connectivity index (χ0) is 17.6. The molecule has 0 aliphatic rings. The molecule has 0 saturated heterocycles. The first-order valence-electron chi connectivity index (χ1n) is 8.11. The first-order valence-corrected chi connectivity index (χ1v) is 9.72. The maximum Gasteiger partial charge on any atom is 0.323 e. The van der Waals surface area contributed by atoms with Crippen LogP contribution in [0, 0.1) is 0 Å². The number of rotatable bonds is 14. The molecular weight excluding hydrogens is 324 g/mol. The number of unbranched alkanes of at least 4 members (excludes halogenated alkanes) is 7. The second-order valence-corrected chi connectivity index (χ2v) is 6.84. The van der Waals surface area contributed by atoms with E-state index in [1.54, 1.807) is 0 Å². The molecule has 0 bridgehead atoms. The molecule has 0 aromatic rings. The first-order chi connectivity index (χ1) is 10.8. The molecule has 0 heterocycles. The zero-order valence-corrected chi connectivity index (χ0v) is 14.6. The average Bonchev–Trinajstić information content (AvgIpc) is 2.44. The summed E-state index contributed by atoms with van der Waals surface area (Å²) in [6.45, 7) is 1.84. The van der Waals surface area contributed by atoms with Crippen molar-refractivity contribution in [1.82, 2.24) is 0 Å². The molecule has 0 aromatic heterocycles. The van der Waals surface area contributed by atoms with Gasteiger partial charge in [0.05, 0.1) is 0 Å². The normalized spacial score (nSPS) is 11.2. The molecule has 0 rings (SSSR count). The molecule has 0 amide bonds. The molecule has 0 atom stereocenters. The third-order valence-electron chi connectivity index (χ3n) is 3.14. The van der Waals surface area contributed by atoms with E-state index in [0.29, 0.717) is 6.42 Å². The number of carbonyl (C=O) groups is 2. The van der Waals surface area contributed by atoms with E-state index in [1.807, 2.05) is 0 Å². The minimum absolute atomic E-state index is 0.118. The van der Waals surface area contributed by atoms with E-state index in [4.69, 9.17) is 9.29 Å². The van der Waals surface area contributed by atoms with E-state index in [9.17, 15) is 18.0 Å². The SMILES string of the molecule is CCCCCCCCCCC(=O)OCCOC(=O)CS(=O)(=O)O. The molecule has 0 radical (unpaired) electrons. The van der Waals surface area contributed by atoms with Crippen LogP contribution in [-0.4, -0.2) is 43.9 Å². The van der Waals surface area contributed by atoms with Crippen molar-refractivity contribution in [3.05, 3.63) is 0 Å². The Bertz CT molecular complexity index is 431. The summed E-state index contributed by atoms with van der Waals surface area (Å²) in [4.78, 5) is 22.3. The largest absolute Gasteiger partial charge is 0.462 e. The lowest BCUT2D eigenvalue weighted by Crippen LogP contribution is -2.20. The van der Waals surface area contributed by atoms with Crippen molar-refractivity contribution in [2.24, 2.45) is 0 Å². The van der Waals surface area contributed by atoms with Gasteiger partial charge in [-0.15, -0.1) is 0 Å². The highest BCUT2D eigenvalue weighted by molar-refractivity contribution is 7.86. The molecule has 23 heavy (non-hydrogen) atoms. The molecule has 0 aromatic carbocycles. The topological polar surface area (TPSA) is 107 Å². The van der Waals surface area contributed by atoms with E-state index < -0.39 is 21.8 Å². The van der Waals surface area contributed by atoms with Gasteiger partial charge in [-0.25, -0.2) is 0 Å². The van der Waals surface area contributed by atoms with E-state index in [2.05, 4.69) is 11.7 Å². The van der Waals surface area contributed by atoms with Gasteiger partial charge in [0.15, 0.2) is 5.75 Å². The van der Waals surface area contributed by atoms with Crippen molar-refractivity contribution in [3.8, 4) is 0 Å². The Morgan fingerprint density at radius 3 is 1.83 bits per heavy atom. The number of esters is 2. The van der Waals surface area contributed by atoms with Crippen LogP contribution >= 0.6 is 0 Å². The average molecular weight is 352 g/mol. The van der Waals surface area contributed by atoms with E-state index in [0.717, 1.165) is 19.3 Å². The molecule has 0 spiro atoms. The van der Waals surface area contributed by atoms with Crippen molar-refractivity contribution in [2.45, 2.75) is 64.7 Å². The molecule has 0 unspecified atom stereocenters. The Kier molecular flexibility index (Phi) is 12.6. The third kappa shape index (κ3) is 17.0. The second-order valence-electron chi connectivity index (χ2n) is 5.39. The van der Waals surface area contributed by atoms with Crippen LogP contribution in [-0.2, 0) is 29.2 Å². The summed E-state index contributed by atoms with van der Waals surface area (Å²) in [5, 5.41) is 0. The van der Waals surface area contributed by atoms with Gasteiger partial charge in [-0.05, 0) is 6.42 Å². The summed E-state index contributed by atoms with van der Waals surface area (Å²) in [7, 11) is -4.38. The van der Waals surface area contributed by atoms with Gasteiger partial charge in [-0.2, -0.15) is 8.42 Å². The smallest absolute Gasteiger partial charge is 0.323 e. The van der Waals surface area contributed by atoms with Crippen molar-refractivity contribution >= 4 is 22.1 Å². The van der Waals surface area contributed by atoms with E-state index >= 15 is 0 Å². The van der Waals surface area contributed by atoms with Crippen LogP contribution in [0.5, 0.6) is 0 Å². The van der Waals surface area contributed by atoms with E-state index in [1.165, 1.54) is 32.1 Å². The molecular formula is C15H28O7S. The Labute approximate surface area is 138 Å². The molecule has 7 nitrogen and oxygen atoms in total. The Hall–Kier alpha value is -1.15. The summed E-state index contributed by atoms with van der Waals surface area (Å²) in [6, 6.07) is 0. The highest BCUT2D eigenvalue weighted by Gasteiger charge is 2.14. The lowest BCUT2D eigenvalue weighted by Gasteiger charge is -2.06. The highest BCUT2D eigenvalue weighted by Crippen LogP contribution is 2.09. The third-order valence-corrected chi connectivity index (χ3v) is 3.74. The predicted molar refractivity (Wildman–Crippen MR) is 85.6 cm³/mol. The highest BCUT2D eigenvalue weighted by atomic mass is 32.2. The standard InChI is InChI=1S/C15H28O7S/c1-2-3-4-5-6-7-8-9-10-14(16)21-11-12-22-15(17)13-23(18,19)20/h2-13H2,1H3,(H,18,19,20). The van der Waals surface area contributed by atoms with Gasteiger partial charge in [0.1, 0.15) is 13.2 Å². The van der Waals surface area contributed by atoms with Gasteiger partial charge in [-0.1, -0.05) is 51.9 Å². The maximum absolute atomic E-state index is 11.4. The van der Waals surface area contributed by atoms with Crippen molar-refractivity contribution < 1.29 is 32.0 Å². The van der Waals surface area contributed by atoms with Crippen LogP contribution in [0.3, 0.4) is 0 Å². The maximum atomic E-state index is 11.4. The Balaban J connectivity index is 3.42. The summed E-state index contributed by atoms with van der Waals surface area (Å²) >= 11 is 0. The summed E-state index contributed by atoms with van der Waals surface area (Å²) in [5.41, 5.74) is 0. The Morgan fingerprint density at radius 2 is 1.30 bits per heavy atom. The summed E-state index contributed by atoms with van der Waals surface area (Å²) < 4.78 is 38.6. The lowest BCUT2D eigenvalue weighted by atomic mass is 10.1. The zero-order valence-electron chi connectivity index (χ0n) is 13.8. The predicted octanol–water partition coefficient (Wildman–Crippen LogP) is 2.49. The number of hydrogen-bond acceptors (Lipinski definition) is 6. The molecule has 1 N–H and O–H groups in total. The van der Waals surface area contributed by atoms with Gasteiger partial charge >= 0.3 is 11.9 Å². The first kappa shape index (κ1) is 21.9. The van der Waals surface area contributed by atoms with Crippen molar-refractivity contribution in [3.63, 3.8) is 0 Å². The van der Waals surface area contributed by atoms with Gasteiger partial charge < -0.3 is 9.47 Å². The van der Waals surface area contributed by atoms with Crippen LogP contribution in [0.4, 0.5) is 0 Å². The fraction of sp³-hybridized carbons (Fsp3) is 0.867. The second kappa shape index (κ2) is 13.3. The van der Waals surface area contributed by atoms with Crippen molar-refractivity contribution in [2.75, 3.05) is 19.0 Å². The number of ether oxygens (including phenoxy) is 2. The fourth-order valence-corrected chi connectivity index (χ4v) is 2.36. The van der Waals surface area contributed by atoms with Gasteiger partial charge in [0, 0.05) is 6.42 Å². The molecule has 0 aliphatic heterocycles. The van der Waals surface area contributed by atoms with Gasteiger partial charge in [0.2, 0.25) is 0 Å². The minimum atomic E-state index is -4.38. The quantitative estimate of drug-likeness (QED) is 0.291. The molecule has 0 saturated carbocycles. The Morgan fingerprint density at radius 1 is 0.826 bits per heavy atom. The minimum Gasteiger partial charge on any atom is -0.462 e. The summed E-state index contributed by atoms with van der Waals surface area (Å²) in [5.74, 6) is -2.53. The van der Waals surface area contributed by atoms with Crippen LogP contribution in [0.2, 0.25) is 0 Å². The van der Waals surface area contributed by atoms with Crippen LogP contribution in [0.25, 0.3) is 0 Å². The molecule has 136 valence electrons. The summed E-state index contributed by atoms with van der Waals surface area (Å²) in [6.07, 6.45) is 9.43. The molecule has 0 fully saturated rings. The monoisotopic (exact) mass is 352 g/mol. The van der Waals surface area contributed by atoms with Crippen LogP contribution in [0.15, 0.2) is 0 Å². The van der Waals surface area contributed by atoms with Crippen LogP contribution in [0.1, 0.15) is 64.7 Å². The lowest BCUT2D eigenvalue weighted by molar-refractivity contribution is -0.150. The van der Waals surface area contributed by atoms with Gasteiger partial charge in [0.25, 0.3) is 10.1 Å². The fourth-order valence-electron chi connectivity index (χ4n) is 1.98. The number of hydrogen-bond donors (Lipinski definition) is 1. The number of carbonyl (C=O) groups excluding carboxylic acids is 2. The van der Waals surface area contributed by atoms with Crippen molar-refractivity contribution in [1.29, 1.82) is 0 Å². The van der Waals surface area contributed by atoms with Crippen LogP contribution < -0.4 is 0 Å².